The monoisotopic (exact) mass is 434 g/mol. The minimum absolute atomic E-state index is 0.163. The second-order valence-electron chi connectivity index (χ2n) is 7.33. The normalized spacial score (nSPS) is 12.0. The Morgan fingerprint density at radius 3 is 1.42 bits per heavy atom. The standard InChI is InChI=1S/C12H16O3.C9H10O3.C3H8O/c1-9(2)15-12(14)11(13)8-10-6-4-3-5-7-10;10-8(9(11)12)6-7-4-2-1-3-5-7;1-3(2)4/h3-7,9,11,13H,8H2,1-2H3;1-5,8,10H,6H2,(H,11,12);3-4H,1-2H3/t11-;8-;/m00./s1. The molecule has 2 aromatic carbocycles. The summed E-state index contributed by atoms with van der Waals surface area (Å²) in [5.74, 6) is -1.74. The van der Waals surface area contributed by atoms with Crippen LogP contribution < -0.4 is 0 Å². The second-order valence-corrected chi connectivity index (χ2v) is 7.33. The number of carboxylic acid groups (broad SMARTS) is 1. The first-order valence-corrected chi connectivity index (χ1v) is 10.1. The van der Waals surface area contributed by atoms with Crippen LogP contribution in [0, 0.1) is 0 Å². The number of aliphatic carboxylic acids is 1. The third-order valence-electron chi connectivity index (χ3n) is 3.45. The van der Waals surface area contributed by atoms with Crippen molar-refractivity contribution in [2.24, 2.45) is 0 Å². The van der Waals surface area contributed by atoms with E-state index in [1.165, 1.54) is 0 Å². The third-order valence-corrected chi connectivity index (χ3v) is 3.45. The molecule has 2 aromatic rings. The maximum atomic E-state index is 11.3. The van der Waals surface area contributed by atoms with Gasteiger partial charge in [-0.3, -0.25) is 0 Å². The van der Waals surface area contributed by atoms with Gasteiger partial charge in [0.25, 0.3) is 0 Å². The molecule has 0 bridgehead atoms. The Bertz CT molecular complexity index is 727. The number of esters is 1. The van der Waals surface area contributed by atoms with Crippen molar-refractivity contribution >= 4 is 11.9 Å². The van der Waals surface area contributed by atoms with Gasteiger partial charge in [-0.1, -0.05) is 60.7 Å². The molecule has 0 heterocycles. The third kappa shape index (κ3) is 15.7. The van der Waals surface area contributed by atoms with Gasteiger partial charge in [0.2, 0.25) is 0 Å². The molecule has 0 aliphatic heterocycles. The molecule has 172 valence electrons. The lowest BCUT2D eigenvalue weighted by molar-refractivity contribution is -0.157. The molecule has 2 rings (SSSR count). The van der Waals surface area contributed by atoms with Crippen LogP contribution in [-0.2, 0) is 27.2 Å². The average molecular weight is 435 g/mol. The average Bonchev–Trinajstić information content (AvgIpc) is 2.69. The van der Waals surface area contributed by atoms with Gasteiger partial charge in [0.05, 0.1) is 6.10 Å². The summed E-state index contributed by atoms with van der Waals surface area (Å²) in [5.41, 5.74) is 1.75. The summed E-state index contributed by atoms with van der Waals surface area (Å²) in [6.45, 7) is 6.96. The zero-order valence-electron chi connectivity index (χ0n) is 18.5. The Balaban J connectivity index is 0.000000504. The number of carbonyl (C=O) groups excluding carboxylic acids is 1. The zero-order chi connectivity index (χ0) is 23.8. The van der Waals surface area contributed by atoms with Gasteiger partial charge in [-0.2, -0.15) is 0 Å². The van der Waals surface area contributed by atoms with E-state index in [0.29, 0.717) is 6.42 Å². The highest BCUT2D eigenvalue weighted by molar-refractivity contribution is 5.74. The van der Waals surface area contributed by atoms with E-state index in [-0.39, 0.29) is 18.6 Å². The molecule has 0 aliphatic rings. The molecule has 0 spiro atoms. The summed E-state index contributed by atoms with van der Waals surface area (Å²) >= 11 is 0. The largest absolute Gasteiger partial charge is 0.479 e. The topological polar surface area (TPSA) is 124 Å². The van der Waals surface area contributed by atoms with Crippen LogP contribution >= 0.6 is 0 Å². The maximum absolute atomic E-state index is 11.3. The molecule has 31 heavy (non-hydrogen) atoms. The number of ether oxygens (including phenoxy) is 1. The molecule has 0 radical (unpaired) electrons. The lowest BCUT2D eigenvalue weighted by Crippen LogP contribution is -2.27. The molecular formula is C24H34O7. The van der Waals surface area contributed by atoms with Crippen molar-refractivity contribution in [3.8, 4) is 0 Å². The zero-order valence-corrected chi connectivity index (χ0v) is 18.5. The summed E-state index contributed by atoms with van der Waals surface area (Å²) in [7, 11) is 0. The van der Waals surface area contributed by atoms with Crippen molar-refractivity contribution in [1.82, 2.24) is 0 Å². The number of aliphatic hydroxyl groups is 3. The Morgan fingerprint density at radius 2 is 1.10 bits per heavy atom. The molecule has 2 atom stereocenters. The number of aliphatic hydroxyl groups excluding tert-OH is 3. The van der Waals surface area contributed by atoms with Crippen LogP contribution in [0.1, 0.15) is 38.8 Å². The number of benzene rings is 2. The van der Waals surface area contributed by atoms with Gasteiger partial charge in [0, 0.05) is 18.9 Å². The highest BCUT2D eigenvalue weighted by Crippen LogP contribution is 2.05. The first kappa shape index (κ1) is 28.3. The first-order valence-electron chi connectivity index (χ1n) is 10.1. The van der Waals surface area contributed by atoms with E-state index < -0.39 is 24.1 Å². The van der Waals surface area contributed by atoms with Gasteiger partial charge >= 0.3 is 11.9 Å². The number of rotatable bonds is 7. The van der Waals surface area contributed by atoms with Crippen molar-refractivity contribution < 1.29 is 34.8 Å². The summed E-state index contributed by atoms with van der Waals surface area (Å²) in [6.07, 6.45) is -2.27. The first-order chi connectivity index (χ1) is 14.5. The summed E-state index contributed by atoms with van der Waals surface area (Å²) < 4.78 is 4.90. The summed E-state index contributed by atoms with van der Waals surface area (Å²) in [6, 6.07) is 18.4. The maximum Gasteiger partial charge on any atom is 0.335 e. The molecule has 0 saturated carbocycles. The highest BCUT2D eigenvalue weighted by Gasteiger charge is 2.18. The fourth-order valence-corrected chi connectivity index (χ4v) is 2.16. The molecule has 0 saturated heterocycles. The molecule has 7 nitrogen and oxygen atoms in total. The Kier molecular flexibility index (Phi) is 14.6. The Hall–Kier alpha value is -2.74. The van der Waals surface area contributed by atoms with Crippen LogP contribution in [0.5, 0.6) is 0 Å². The van der Waals surface area contributed by atoms with Crippen LogP contribution in [0.2, 0.25) is 0 Å². The van der Waals surface area contributed by atoms with E-state index in [9.17, 15) is 14.7 Å². The number of carboxylic acids is 1. The number of carbonyl (C=O) groups is 2. The molecule has 4 N–H and O–H groups in total. The molecule has 0 aliphatic carbocycles. The fraction of sp³-hybridized carbons (Fsp3) is 0.417. The fourth-order valence-electron chi connectivity index (χ4n) is 2.16. The van der Waals surface area contributed by atoms with Gasteiger partial charge in [-0.25, -0.2) is 9.59 Å². The number of hydrogen-bond acceptors (Lipinski definition) is 6. The van der Waals surface area contributed by atoms with E-state index in [2.05, 4.69) is 0 Å². The Morgan fingerprint density at radius 1 is 0.742 bits per heavy atom. The van der Waals surface area contributed by atoms with E-state index in [1.807, 2.05) is 48.5 Å². The Labute approximate surface area is 183 Å². The highest BCUT2D eigenvalue weighted by atomic mass is 16.6. The molecule has 0 unspecified atom stereocenters. The van der Waals surface area contributed by atoms with Gasteiger partial charge in [-0.15, -0.1) is 0 Å². The van der Waals surface area contributed by atoms with E-state index in [1.54, 1.807) is 39.8 Å². The van der Waals surface area contributed by atoms with Gasteiger partial charge in [-0.05, 0) is 38.8 Å². The minimum atomic E-state index is -1.30. The van der Waals surface area contributed by atoms with Gasteiger partial charge < -0.3 is 25.2 Å². The SMILES string of the molecule is CC(C)O.CC(C)OC(=O)[C@@H](O)Cc1ccccc1.O=C(O)[C@@H](O)Cc1ccccc1. The van der Waals surface area contributed by atoms with Crippen molar-refractivity contribution in [3.63, 3.8) is 0 Å². The van der Waals surface area contributed by atoms with Crippen molar-refractivity contribution in [2.75, 3.05) is 0 Å². The van der Waals surface area contributed by atoms with Gasteiger partial charge in [0.1, 0.15) is 0 Å². The summed E-state index contributed by atoms with van der Waals surface area (Å²) in [4.78, 5) is 21.5. The minimum Gasteiger partial charge on any atom is -0.479 e. The quantitative estimate of drug-likeness (QED) is 0.494. The molecule has 0 fully saturated rings. The predicted molar refractivity (Wildman–Crippen MR) is 119 cm³/mol. The molecule has 0 amide bonds. The van der Waals surface area contributed by atoms with E-state index in [0.717, 1.165) is 11.1 Å². The lowest BCUT2D eigenvalue weighted by Gasteiger charge is -2.12. The van der Waals surface area contributed by atoms with Crippen molar-refractivity contribution in [3.05, 3.63) is 71.8 Å². The van der Waals surface area contributed by atoms with Crippen LogP contribution in [0.4, 0.5) is 0 Å². The smallest absolute Gasteiger partial charge is 0.335 e. The van der Waals surface area contributed by atoms with E-state index >= 15 is 0 Å². The van der Waals surface area contributed by atoms with Crippen LogP contribution in [0.3, 0.4) is 0 Å². The van der Waals surface area contributed by atoms with Crippen LogP contribution in [0.15, 0.2) is 60.7 Å². The van der Waals surface area contributed by atoms with Crippen LogP contribution in [0.25, 0.3) is 0 Å². The summed E-state index contributed by atoms with van der Waals surface area (Å²) in [5, 5.41) is 35.0. The number of hydrogen-bond donors (Lipinski definition) is 4. The van der Waals surface area contributed by atoms with Crippen molar-refractivity contribution in [1.29, 1.82) is 0 Å². The molecule has 7 heteroatoms. The van der Waals surface area contributed by atoms with Crippen molar-refractivity contribution in [2.45, 2.75) is 65.0 Å². The predicted octanol–water partition coefficient (Wildman–Crippen LogP) is 2.60. The van der Waals surface area contributed by atoms with E-state index in [4.69, 9.17) is 20.1 Å². The molecule has 0 aromatic heterocycles. The lowest BCUT2D eigenvalue weighted by atomic mass is 10.1. The van der Waals surface area contributed by atoms with Crippen LogP contribution in [-0.4, -0.2) is 56.8 Å². The second kappa shape index (κ2) is 16.0. The molecular weight excluding hydrogens is 400 g/mol. The van der Waals surface area contributed by atoms with Gasteiger partial charge in [0.15, 0.2) is 12.2 Å².